The van der Waals surface area contributed by atoms with Crippen molar-refractivity contribution in [2.24, 2.45) is 0 Å². The third-order valence-corrected chi connectivity index (χ3v) is 3.57. The second-order valence-corrected chi connectivity index (χ2v) is 4.97. The summed E-state index contributed by atoms with van der Waals surface area (Å²) in [6.45, 7) is 9.00. The van der Waals surface area contributed by atoms with Crippen molar-refractivity contribution in [3.05, 3.63) is 28.8 Å². The first-order chi connectivity index (χ1) is 9.58. The fraction of sp³-hybridized carbons (Fsp3) is 0.562. The number of rotatable bonds is 7. The molecule has 1 amide bonds. The number of alkyl halides is 1. The van der Waals surface area contributed by atoms with E-state index in [4.69, 9.17) is 16.3 Å². The molecule has 4 heteroatoms. The Bertz CT molecular complexity index is 460. The smallest absolute Gasteiger partial charge is 0.243 e. The van der Waals surface area contributed by atoms with Crippen LogP contribution in [-0.2, 0) is 22.4 Å². The number of hydrogen-bond donors (Lipinski definition) is 0. The van der Waals surface area contributed by atoms with Crippen molar-refractivity contribution in [2.45, 2.75) is 40.5 Å². The summed E-state index contributed by atoms with van der Waals surface area (Å²) in [4.78, 5) is 13.8. The largest absolute Gasteiger partial charge is 0.361 e. The van der Waals surface area contributed by atoms with Gasteiger partial charge in [-0.1, -0.05) is 26.0 Å². The van der Waals surface area contributed by atoms with Crippen molar-refractivity contribution in [1.29, 1.82) is 0 Å². The van der Waals surface area contributed by atoms with Gasteiger partial charge in [-0.15, -0.1) is 11.6 Å². The standard InChI is InChI=1S/C16H24ClNO2/c1-5-13-8-12(4)16(14(6-2)9-13)18(11-20-7-3)15(19)10-17/h8-9H,5-7,10-11H2,1-4H3. The van der Waals surface area contributed by atoms with E-state index >= 15 is 0 Å². The topological polar surface area (TPSA) is 29.5 Å². The summed E-state index contributed by atoms with van der Waals surface area (Å²) in [5, 5.41) is 0. The summed E-state index contributed by atoms with van der Waals surface area (Å²) >= 11 is 5.74. The monoisotopic (exact) mass is 297 g/mol. The Hall–Kier alpha value is -1.06. The van der Waals surface area contributed by atoms with Crippen LogP contribution in [-0.4, -0.2) is 25.1 Å². The first kappa shape index (κ1) is 17.0. The molecule has 112 valence electrons. The molecule has 0 fully saturated rings. The highest BCUT2D eigenvalue weighted by molar-refractivity contribution is 6.29. The molecular formula is C16H24ClNO2. The quantitative estimate of drug-likeness (QED) is 0.567. The molecule has 0 heterocycles. The van der Waals surface area contributed by atoms with E-state index in [-0.39, 0.29) is 18.5 Å². The number of ether oxygens (including phenoxy) is 1. The molecule has 1 rings (SSSR count). The maximum Gasteiger partial charge on any atom is 0.243 e. The molecule has 20 heavy (non-hydrogen) atoms. The summed E-state index contributed by atoms with van der Waals surface area (Å²) in [6, 6.07) is 4.30. The van der Waals surface area contributed by atoms with Crippen molar-refractivity contribution in [3.8, 4) is 0 Å². The number of amides is 1. The van der Waals surface area contributed by atoms with Gasteiger partial charge in [0.25, 0.3) is 0 Å². The zero-order chi connectivity index (χ0) is 15.1. The zero-order valence-electron chi connectivity index (χ0n) is 12.8. The van der Waals surface area contributed by atoms with Gasteiger partial charge in [0.1, 0.15) is 12.6 Å². The fourth-order valence-electron chi connectivity index (χ4n) is 2.31. The first-order valence-corrected chi connectivity index (χ1v) is 7.68. The molecule has 1 aromatic carbocycles. The van der Waals surface area contributed by atoms with E-state index in [1.54, 1.807) is 4.90 Å². The van der Waals surface area contributed by atoms with Gasteiger partial charge in [-0.25, -0.2) is 0 Å². The molecule has 0 bridgehead atoms. The molecule has 0 aliphatic rings. The molecule has 0 aromatic heterocycles. The molecule has 0 radical (unpaired) electrons. The van der Waals surface area contributed by atoms with Crippen LogP contribution in [0.25, 0.3) is 0 Å². The third-order valence-electron chi connectivity index (χ3n) is 3.34. The van der Waals surface area contributed by atoms with Gasteiger partial charge in [-0.2, -0.15) is 0 Å². The molecular weight excluding hydrogens is 274 g/mol. The summed E-state index contributed by atoms with van der Waals surface area (Å²) < 4.78 is 5.43. The Morgan fingerprint density at radius 1 is 1.25 bits per heavy atom. The fourth-order valence-corrected chi connectivity index (χ4v) is 2.45. The van der Waals surface area contributed by atoms with Crippen LogP contribution in [0.1, 0.15) is 37.5 Å². The SMILES string of the molecule is CCOCN(C(=O)CCl)c1c(C)cc(CC)cc1CC. The highest BCUT2D eigenvalue weighted by atomic mass is 35.5. The predicted octanol–water partition coefficient (Wildman–Crippen LogP) is 3.69. The summed E-state index contributed by atoms with van der Waals surface area (Å²) in [5.74, 6) is -0.160. The van der Waals surface area contributed by atoms with Crippen LogP contribution in [0.4, 0.5) is 5.69 Å². The van der Waals surface area contributed by atoms with Gasteiger partial charge >= 0.3 is 0 Å². The Morgan fingerprint density at radius 3 is 2.45 bits per heavy atom. The van der Waals surface area contributed by atoms with Crippen molar-refractivity contribution in [3.63, 3.8) is 0 Å². The van der Waals surface area contributed by atoms with E-state index in [0.717, 1.165) is 24.1 Å². The van der Waals surface area contributed by atoms with E-state index in [9.17, 15) is 4.79 Å². The van der Waals surface area contributed by atoms with Crippen LogP contribution in [0.3, 0.4) is 0 Å². The molecule has 0 aliphatic heterocycles. The molecule has 1 aromatic rings. The van der Waals surface area contributed by atoms with Crippen molar-refractivity contribution in [1.82, 2.24) is 0 Å². The van der Waals surface area contributed by atoms with Crippen LogP contribution in [0, 0.1) is 6.92 Å². The van der Waals surface area contributed by atoms with Crippen molar-refractivity contribution < 1.29 is 9.53 Å². The van der Waals surface area contributed by atoms with Gasteiger partial charge in [0, 0.05) is 6.61 Å². The summed E-state index contributed by atoms with van der Waals surface area (Å²) in [6.07, 6.45) is 1.87. The zero-order valence-corrected chi connectivity index (χ0v) is 13.6. The second kappa shape index (κ2) is 8.28. The Morgan fingerprint density at radius 2 is 1.95 bits per heavy atom. The summed E-state index contributed by atoms with van der Waals surface area (Å²) in [5.41, 5.74) is 4.50. The average molecular weight is 298 g/mol. The Kier molecular flexibility index (Phi) is 7.03. The highest BCUT2D eigenvalue weighted by Crippen LogP contribution is 2.28. The van der Waals surface area contributed by atoms with Crippen LogP contribution < -0.4 is 4.90 Å². The van der Waals surface area contributed by atoms with Gasteiger partial charge in [0.15, 0.2) is 0 Å². The number of anilines is 1. The lowest BCUT2D eigenvalue weighted by Crippen LogP contribution is -2.35. The van der Waals surface area contributed by atoms with Crippen molar-refractivity contribution in [2.75, 3.05) is 24.1 Å². The number of aryl methyl sites for hydroxylation is 3. The molecule has 0 unspecified atom stereocenters. The maximum atomic E-state index is 12.1. The highest BCUT2D eigenvalue weighted by Gasteiger charge is 2.20. The molecule has 0 spiro atoms. The van der Waals surface area contributed by atoms with Crippen LogP contribution in [0.15, 0.2) is 12.1 Å². The average Bonchev–Trinajstić information content (AvgIpc) is 2.47. The van der Waals surface area contributed by atoms with Crippen LogP contribution in [0.5, 0.6) is 0 Å². The number of carbonyl (C=O) groups excluding carboxylic acids is 1. The van der Waals surface area contributed by atoms with E-state index in [2.05, 4.69) is 26.0 Å². The minimum Gasteiger partial charge on any atom is -0.361 e. The molecule has 0 atom stereocenters. The maximum absolute atomic E-state index is 12.1. The number of nitrogens with zero attached hydrogens (tertiary/aromatic N) is 1. The third kappa shape index (κ3) is 3.97. The lowest BCUT2D eigenvalue weighted by atomic mass is 9.99. The van der Waals surface area contributed by atoms with Gasteiger partial charge in [0.05, 0.1) is 5.69 Å². The predicted molar refractivity (Wildman–Crippen MR) is 84.6 cm³/mol. The lowest BCUT2D eigenvalue weighted by Gasteiger charge is -2.26. The molecule has 0 saturated carbocycles. The number of halogens is 1. The molecule has 3 nitrogen and oxygen atoms in total. The summed E-state index contributed by atoms with van der Waals surface area (Å²) in [7, 11) is 0. The minimum absolute atomic E-state index is 0.0365. The lowest BCUT2D eigenvalue weighted by molar-refractivity contribution is -0.117. The molecule has 0 N–H and O–H groups in total. The van der Waals surface area contributed by atoms with E-state index in [0.29, 0.717) is 6.61 Å². The molecule has 0 saturated heterocycles. The number of hydrogen-bond acceptors (Lipinski definition) is 2. The minimum atomic E-state index is -0.123. The van der Waals surface area contributed by atoms with Crippen LogP contribution >= 0.6 is 11.6 Å². The van der Waals surface area contributed by atoms with E-state index in [1.807, 2.05) is 13.8 Å². The van der Waals surface area contributed by atoms with Gasteiger partial charge < -0.3 is 4.74 Å². The Labute approximate surface area is 126 Å². The van der Waals surface area contributed by atoms with Gasteiger partial charge in [0.2, 0.25) is 5.91 Å². The first-order valence-electron chi connectivity index (χ1n) is 7.15. The van der Waals surface area contributed by atoms with Gasteiger partial charge in [-0.3, -0.25) is 9.69 Å². The van der Waals surface area contributed by atoms with Crippen LogP contribution in [0.2, 0.25) is 0 Å². The van der Waals surface area contributed by atoms with E-state index in [1.165, 1.54) is 11.1 Å². The Balaban J connectivity index is 3.27. The molecule has 0 aliphatic carbocycles. The number of carbonyl (C=O) groups is 1. The van der Waals surface area contributed by atoms with Gasteiger partial charge in [-0.05, 0) is 43.4 Å². The van der Waals surface area contributed by atoms with Crippen molar-refractivity contribution >= 4 is 23.2 Å². The second-order valence-electron chi connectivity index (χ2n) is 4.70. The van der Waals surface area contributed by atoms with E-state index < -0.39 is 0 Å². The number of benzene rings is 1. The normalized spacial score (nSPS) is 10.7.